The van der Waals surface area contributed by atoms with Crippen molar-refractivity contribution in [2.45, 2.75) is 84.3 Å². The van der Waals surface area contributed by atoms with Crippen molar-refractivity contribution in [3.05, 3.63) is 11.9 Å². The van der Waals surface area contributed by atoms with Crippen molar-refractivity contribution in [1.29, 1.82) is 0 Å². The Morgan fingerprint density at radius 3 is 2.63 bits per heavy atom. The van der Waals surface area contributed by atoms with Crippen LogP contribution in [0.5, 0.6) is 0 Å². The maximum Gasteiger partial charge on any atom is 0.273 e. The molecule has 1 aliphatic rings. The number of unbranched alkanes of at least 4 members (excludes halogenated alkanes) is 2. The monoisotopic (exact) mass is 379 g/mol. The molecule has 0 saturated heterocycles. The molecule has 0 aromatic carbocycles. The van der Waals surface area contributed by atoms with E-state index in [0.717, 1.165) is 44.9 Å². The molecule has 0 spiro atoms. The van der Waals surface area contributed by atoms with Crippen LogP contribution in [0.1, 0.15) is 76.2 Å². The first-order chi connectivity index (χ1) is 12.9. The molecule has 3 N–H and O–H groups in total. The fourth-order valence-corrected chi connectivity index (χ4v) is 3.46. The molecule has 0 bridgehead atoms. The summed E-state index contributed by atoms with van der Waals surface area (Å²) in [6, 6.07) is -0.157. The molecule has 0 unspecified atom stereocenters. The number of carbonyl (C=O) groups excluding carboxylic acids is 2. The van der Waals surface area contributed by atoms with Crippen molar-refractivity contribution < 1.29 is 14.7 Å². The summed E-state index contributed by atoms with van der Waals surface area (Å²) >= 11 is 0. The van der Waals surface area contributed by atoms with Crippen molar-refractivity contribution in [2.24, 2.45) is 5.41 Å². The number of hydrogen-bond donors (Lipinski definition) is 3. The summed E-state index contributed by atoms with van der Waals surface area (Å²) in [5.41, 5.74) is -0.181. The van der Waals surface area contributed by atoms with E-state index in [4.69, 9.17) is 5.11 Å². The lowest BCUT2D eigenvalue weighted by molar-refractivity contribution is -0.130. The van der Waals surface area contributed by atoms with Gasteiger partial charge in [-0.25, -0.2) is 4.68 Å². The van der Waals surface area contributed by atoms with E-state index in [1.807, 2.05) is 13.8 Å². The van der Waals surface area contributed by atoms with Crippen molar-refractivity contribution in [2.75, 3.05) is 6.61 Å². The van der Waals surface area contributed by atoms with Gasteiger partial charge >= 0.3 is 0 Å². The van der Waals surface area contributed by atoms with Gasteiger partial charge in [0.15, 0.2) is 5.69 Å². The van der Waals surface area contributed by atoms with Gasteiger partial charge in [-0.3, -0.25) is 9.59 Å². The zero-order valence-electron chi connectivity index (χ0n) is 16.7. The highest BCUT2D eigenvalue weighted by atomic mass is 16.3. The minimum atomic E-state index is -0.403. The second kappa shape index (κ2) is 9.82. The largest absolute Gasteiger partial charge is 0.394 e. The molecule has 1 heterocycles. The van der Waals surface area contributed by atoms with Crippen LogP contribution >= 0.6 is 0 Å². The molecular weight excluding hydrogens is 346 g/mol. The average Bonchev–Trinajstić information content (AvgIpc) is 3.25. The van der Waals surface area contributed by atoms with Crippen LogP contribution in [0.2, 0.25) is 0 Å². The van der Waals surface area contributed by atoms with Crippen LogP contribution in [0, 0.1) is 5.41 Å². The van der Waals surface area contributed by atoms with Gasteiger partial charge in [0.1, 0.15) is 0 Å². The number of hydrogen-bond acceptors (Lipinski definition) is 5. The normalized spacial score (nSPS) is 19.9. The van der Waals surface area contributed by atoms with Crippen LogP contribution in [0.15, 0.2) is 6.20 Å². The second-order valence-corrected chi connectivity index (χ2v) is 8.02. The predicted molar refractivity (Wildman–Crippen MR) is 102 cm³/mol. The van der Waals surface area contributed by atoms with Gasteiger partial charge in [-0.2, -0.15) is 0 Å². The SMILES string of the molecule is CCCCCC(C)(C)C(=O)N[C@@H]1CCC[C@@H]1NC(=O)c1cn(CCO)nn1. The molecule has 2 atom stereocenters. The third kappa shape index (κ3) is 6.02. The fraction of sp³-hybridized carbons (Fsp3) is 0.789. The molecular formula is C19H33N5O3. The summed E-state index contributed by atoms with van der Waals surface area (Å²) in [5.74, 6) is -0.244. The quantitative estimate of drug-likeness (QED) is 0.536. The Balaban J connectivity index is 1.90. The Hall–Kier alpha value is -1.96. The lowest BCUT2D eigenvalue weighted by atomic mass is 9.85. The van der Waals surface area contributed by atoms with Crippen LogP contribution in [0.3, 0.4) is 0 Å². The Bertz CT molecular complexity index is 629. The average molecular weight is 380 g/mol. The summed E-state index contributed by atoms with van der Waals surface area (Å²) < 4.78 is 1.43. The van der Waals surface area contributed by atoms with Gasteiger partial charge in [0.2, 0.25) is 5.91 Å². The maximum atomic E-state index is 12.7. The van der Waals surface area contributed by atoms with Gasteiger partial charge in [-0.15, -0.1) is 5.10 Å². The zero-order chi connectivity index (χ0) is 19.9. The Morgan fingerprint density at radius 2 is 1.96 bits per heavy atom. The standard InChI is InChI=1S/C19H33N5O3/c1-4-5-6-10-19(2,3)18(27)21-15-9-7-8-14(15)20-17(26)16-13-24(11-12-25)23-22-16/h13-15,25H,4-12H2,1-3H3,(H,20,26)(H,21,27)/t14-,15+/m0/s1. The number of carbonyl (C=O) groups is 2. The number of nitrogens with one attached hydrogen (secondary N) is 2. The lowest BCUT2D eigenvalue weighted by Gasteiger charge is -2.28. The molecule has 2 rings (SSSR count). The van der Waals surface area contributed by atoms with Crippen LogP contribution in [0.25, 0.3) is 0 Å². The number of aliphatic hydroxyl groups is 1. The maximum absolute atomic E-state index is 12.7. The molecule has 1 aromatic heterocycles. The van der Waals surface area contributed by atoms with E-state index < -0.39 is 5.41 Å². The van der Waals surface area contributed by atoms with Crippen molar-refractivity contribution >= 4 is 11.8 Å². The summed E-state index contributed by atoms with van der Waals surface area (Å²) in [4.78, 5) is 25.1. The summed E-state index contributed by atoms with van der Waals surface area (Å²) in [6.07, 6.45) is 8.35. The summed E-state index contributed by atoms with van der Waals surface area (Å²) in [5, 5.41) is 22.7. The summed E-state index contributed by atoms with van der Waals surface area (Å²) in [6.45, 7) is 6.37. The number of rotatable bonds is 10. The van der Waals surface area contributed by atoms with Gasteiger partial charge in [0.25, 0.3) is 5.91 Å². The molecule has 27 heavy (non-hydrogen) atoms. The third-order valence-corrected chi connectivity index (χ3v) is 5.27. The number of nitrogens with zero attached hydrogens (tertiary/aromatic N) is 3. The van der Waals surface area contributed by atoms with Crippen molar-refractivity contribution in [3.63, 3.8) is 0 Å². The number of aromatic nitrogens is 3. The van der Waals surface area contributed by atoms with E-state index in [1.165, 1.54) is 10.9 Å². The first kappa shape index (κ1) is 21.3. The molecule has 1 saturated carbocycles. The fourth-order valence-electron chi connectivity index (χ4n) is 3.46. The Morgan fingerprint density at radius 1 is 1.26 bits per heavy atom. The Kier molecular flexibility index (Phi) is 7.77. The molecule has 1 aliphatic carbocycles. The first-order valence-electron chi connectivity index (χ1n) is 10.00. The van der Waals surface area contributed by atoms with E-state index in [2.05, 4.69) is 27.9 Å². The van der Waals surface area contributed by atoms with Crippen molar-refractivity contribution in [3.8, 4) is 0 Å². The van der Waals surface area contributed by atoms with Gasteiger partial charge in [0, 0.05) is 17.5 Å². The molecule has 0 radical (unpaired) electrons. The molecule has 1 aromatic rings. The van der Waals surface area contributed by atoms with E-state index >= 15 is 0 Å². The van der Waals surface area contributed by atoms with Gasteiger partial charge < -0.3 is 15.7 Å². The van der Waals surface area contributed by atoms with Gasteiger partial charge in [-0.05, 0) is 25.7 Å². The zero-order valence-corrected chi connectivity index (χ0v) is 16.7. The van der Waals surface area contributed by atoms with Gasteiger partial charge in [-0.1, -0.05) is 45.2 Å². The molecule has 2 amide bonds. The molecule has 8 heteroatoms. The molecule has 0 aliphatic heterocycles. The first-order valence-corrected chi connectivity index (χ1v) is 10.00. The third-order valence-electron chi connectivity index (χ3n) is 5.27. The second-order valence-electron chi connectivity index (χ2n) is 8.02. The molecule has 8 nitrogen and oxygen atoms in total. The topological polar surface area (TPSA) is 109 Å². The van der Waals surface area contributed by atoms with E-state index in [1.54, 1.807) is 0 Å². The van der Waals surface area contributed by atoms with Crippen LogP contribution < -0.4 is 10.6 Å². The van der Waals surface area contributed by atoms with Crippen LogP contribution in [-0.2, 0) is 11.3 Å². The minimum absolute atomic E-state index is 0.0543. The van der Waals surface area contributed by atoms with Crippen LogP contribution in [-0.4, -0.2) is 50.6 Å². The van der Waals surface area contributed by atoms with E-state index in [9.17, 15) is 9.59 Å². The highest BCUT2D eigenvalue weighted by molar-refractivity contribution is 5.92. The highest BCUT2D eigenvalue weighted by Crippen LogP contribution is 2.26. The molecule has 1 fully saturated rings. The van der Waals surface area contributed by atoms with E-state index in [0.29, 0.717) is 6.54 Å². The summed E-state index contributed by atoms with van der Waals surface area (Å²) in [7, 11) is 0. The predicted octanol–water partition coefficient (Wildman–Crippen LogP) is 1.64. The van der Waals surface area contributed by atoms with Crippen molar-refractivity contribution in [1.82, 2.24) is 25.6 Å². The number of aliphatic hydroxyl groups excluding tert-OH is 1. The number of amides is 2. The smallest absolute Gasteiger partial charge is 0.273 e. The molecule has 152 valence electrons. The Labute approximate surface area is 161 Å². The lowest BCUT2D eigenvalue weighted by Crippen LogP contribution is -2.51. The van der Waals surface area contributed by atoms with E-state index in [-0.39, 0.29) is 36.2 Å². The van der Waals surface area contributed by atoms with Gasteiger partial charge in [0.05, 0.1) is 19.3 Å². The minimum Gasteiger partial charge on any atom is -0.394 e. The van der Waals surface area contributed by atoms with Crippen LogP contribution in [0.4, 0.5) is 0 Å². The highest BCUT2D eigenvalue weighted by Gasteiger charge is 2.34.